The van der Waals surface area contributed by atoms with Crippen molar-refractivity contribution in [3.8, 4) is 0 Å². The van der Waals surface area contributed by atoms with Crippen LogP contribution < -0.4 is 10.6 Å². The first kappa shape index (κ1) is 21.7. The molecule has 0 bridgehead atoms. The lowest BCUT2D eigenvalue weighted by molar-refractivity contribution is -0.122. The monoisotopic (exact) mass is 415 g/mol. The highest BCUT2D eigenvalue weighted by molar-refractivity contribution is 7.89. The molecule has 0 spiro atoms. The van der Waals surface area contributed by atoms with Crippen LogP contribution in [0.25, 0.3) is 0 Å². The molecule has 1 saturated heterocycles. The molecule has 1 heterocycles. The molecular weight excluding hydrogens is 390 g/mol. The van der Waals surface area contributed by atoms with E-state index in [-0.39, 0.29) is 21.4 Å². The maximum atomic E-state index is 12.9. The van der Waals surface area contributed by atoms with Gasteiger partial charge in [-0.25, -0.2) is 8.42 Å². The summed E-state index contributed by atoms with van der Waals surface area (Å²) in [6, 6.07) is 3.39. The Morgan fingerprint density at radius 3 is 2.52 bits per heavy atom. The van der Waals surface area contributed by atoms with Crippen molar-refractivity contribution in [2.24, 2.45) is 0 Å². The molecule has 0 radical (unpaired) electrons. The average Bonchev–Trinajstić information content (AvgIpc) is 2.66. The highest BCUT2D eigenvalue weighted by Crippen LogP contribution is 2.27. The SMILES string of the molecule is CCCNC(=O)[C@@H](C)NC(=O)c1ccc(Cl)c(S(=O)(=O)N2CCCCC2)c1. The van der Waals surface area contributed by atoms with Crippen LogP contribution in [0.5, 0.6) is 0 Å². The molecule has 2 rings (SSSR count). The number of sulfonamides is 1. The summed E-state index contributed by atoms with van der Waals surface area (Å²) in [7, 11) is -3.76. The number of rotatable bonds is 7. The van der Waals surface area contributed by atoms with Gasteiger partial charge in [0.1, 0.15) is 10.9 Å². The Morgan fingerprint density at radius 2 is 1.89 bits per heavy atom. The molecule has 150 valence electrons. The fraction of sp³-hybridized carbons (Fsp3) is 0.556. The van der Waals surface area contributed by atoms with Crippen LogP contribution in [0, 0.1) is 0 Å². The third-order valence-electron chi connectivity index (χ3n) is 4.42. The summed E-state index contributed by atoms with van der Waals surface area (Å²) in [6.45, 7) is 4.93. The molecule has 2 N–H and O–H groups in total. The van der Waals surface area contributed by atoms with Crippen molar-refractivity contribution in [1.82, 2.24) is 14.9 Å². The Hall–Kier alpha value is -1.64. The predicted octanol–water partition coefficient (Wildman–Crippen LogP) is 2.16. The van der Waals surface area contributed by atoms with Gasteiger partial charge in [-0.3, -0.25) is 9.59 Å². The zero-order chi connectivity index (χ0) is 20.0. The van der Waals surface area contributed by atoms with E-state index in [2.05, 4.69) is 10.6 Å². The molecule has 0 unspecified atom stereocenters. The Labute approximate surface area is 165 Å². The minimum absolute atomic E-state index is 0.0749. The molecule has 9 heteroatoms. The third-order valence-corrected chi connectivity index (χ3v) is 6.80. The van der Waals surface area contributed by atoms with Crippen LogP contribution in [-0.2, 0) is 14.8 Å². The minimum Gasteiger partial charge on any atom is -0.354 e. The number of carbonyl (C=O) groups is 2. The van der Waals surface area contributed by atoms with Gasteiger partial charge in [0.15, 0.2) is 0 Å². The molecule has 27 heavy (non-hydrogen) atoms. The Morgan fingerprint density at radius 1 is 1.22 bits per heavy atom. The van der Waals surface area contributed by atoms with Crippen molar-refractivity contribution >= 4 is 33.4 Å². The van der Waals surface area contributed by atoms with Crippen LogP contribution in [0.1, 0.15) is 49.9 Å². The topological polar surface area (TPSA) is 95.6 Å². The van der Waals surface area contributed by atoms with E-state index in [0.717, 1.165) is 25.7 Å². The van der Waals surface area contributed by atoms with E-state index in [4.69, 9.17) is 11.6 Å². The zero-order valence-corrected chi connectivity index (χ0v) is 17.2. The lowest BCUT2D eigenvalue weighted by Gasteiger charge is -2.26. The molecule has 1 atom stereocenters. The standard InChI is InChI=1S/C18H26ClN3O4S/c1-3-9-20-17(23)13(2)21-18(24)14-7-8-15(19)16(12-14)27(25,26)22-10-5-4-6-11-22/h7-8,12-13H,3-6,9-11H2,1-2H3,(H,20,23)(H,21,24)/t13-/m1/s1. The van der Waals surface area contributed by atoms with Crippen molar-refractivity contribution in [3.63, 3.8) is 0 Å². The quantitative estimate of drug-likeness (QED) is 0.713. The summed E-state index contributed by atoms with van der Waals surface area (Å²) in [4.78, 5) is 24.3. The molecule has 0 saturated carbocycles. The number of benzene rings is 1. The molecule has 1 aliphatic heterocycles. The predicted molar refractivity (Wildman–Crippen MR) is 104 cm³/mol. The van der Waals surface area contributed by atoms with Gasteiger partial charge in [-0.1, -0.05) is 24.9 Å². The van der Waals surface area contributed by atoms with Crippen molar-refractivity contribution in [3.05, 3.63) is 28.8 Å². The summed E-state index contributed by atoms with van der Waals surface area (Å²) in [5, 5.41) is 5.35. The highest BCUT2D eigenvalue weighted by atomic mass is 35.5. The number of piperidine rings is 1. The molecule has 1 aromatic rings. The summed E-state index contributed by atoms with van der Waals surface area (Å²) < 4.78 is 27.2. The van der Waals surface area contributed by atoms with Crippen LogP contribution in [0.3, 0.4) is 0 Å². The lowest BCUT2D eigenvalue weighted by Crippen LogP contribution is -2.45. The van der Waals surface area contributed by atoms with E-state index >= 15 is 0 Å². The van der Waals surface area contributed by atoms with Gasteiger partial charge < -0.3 is 10.6 Å². The molecule has 1 aromatic carbocycles. The summed E-state index contributed by atoms with van der Waals surface area (Å²) in [5.41, 5.74) is 0.144. The molecule has 1 aliphatic rings. The molecule has 0 aromatic heterocycles. The van der Waals surface area contributed by atoms with Crippen molar-refractivity contribution in [2.75, 3.05) is 19.6 Å². The molecule has 2 amide bonds. The van der Waals surface area contributed by atoms with Crippen LogP contribution in [0.4, 0.5) is 0 Å². The number of hydrogen-bond donors (Lipinski definition) is 2. The fourth-order valence-electron chi connectivity index (χ4n) is 2.83. The first-order chi connectivity index (χ1) is 12.8. The second kappa shape index (κ2) is 9.52. The summed E-state index contributed by atoms with van der Waals surface area (Å²) in [6.07, 6.45) is 3.41. The number of nitrogens with zero attached hydrogens (tertiary/aromatic N) is 1. The zero-order valence-electron chi connectivity index (χ0n) is 15.6. The highest BCUT2D eigenvalue weighted by Gasteiger charge is 2.29. The van der Waals surface area contributed by atoms with Gasteiger partial charge in [-0.15, -0.1) is 0 Å². The van der Waals surface area contributed by atoms with Gasteiger partial charge in [0.05, 0.1) is 5.02 Å². The van der Waals surface area contributed by atoms with Crippen molar-refractivity contribution in [1.29, 1.82) is 0 Å². The number of hydrogen-bond acceptors (Lipinski definition) is 4. The van der Waals surface area contributed by atoms with Crippen LogP contribution in [0.2, 0.25) is 5.02 Å². The van der Waals surface area contributed by atoms with Gasteiger partial charge in [0, 0.05) is 25.2 Å². The number of carbonyl (C=O) groups excluding carboxylic acids is 2. The van der Waals surface area contributed by atoms with E-state index in [0.29, 0.717) is 19.6 Å². The molecule has 1 fully saturated rings. The largest absolute Gasteiger partial charge is 0.354 e. The normalized spacial score (nSPS) is 16.6. The fourth-order valence-corrected chi connectivity index (χ4v) is 4.85. The molecule has 7 nitrogen and oxygen atoms in total. The van der Waals surface area contributed by atoms with Crippen molar-refractivity contribution in [2.45, 2.75) is 50.5 Å². The van der Waals surface area contributed by atoms with Gasteiger partial charge in [-0.2, -0.15) is 4.31 Å². The van der Waals surface area contributed by atoms with Crippen LogP contribution in [-0.4, -0.2) is 50.2 Å². The maximum Gasteiger partial charge on any atom is 0.251 e. The molecular formula is C18H26ClN3O4S. The smallest absolute Gasteiger partial charge is 0.251 e. The van der Waals surface area contributed by atoms with Gasteiger partial charge in [0.25, 0.3) is 5.91 Å². The van der Waals surface area contributed by atoms with E-state index in [1.54, 1.807) is 6.92 Å². The summed E-state index contributed by atoms with van der Waals surface area (Å²) >= 11 is 6.12. The number of halogens is 1. The Bertz CT molecular complexity index is 792. The number of amides is 2. The van der Waals surface area contributed by atoms with E-state index < -0.39 is 22.0 Å². The van der Waals surface area contributed by atoms with Gasteiger partial charge in [-0.05, 0) is 44.4 Å². The van der Waals surface area contributed by atoms with Crippen LogP contribution in [0.15, 0.2) is 23.1 Å². The van der Waals surface area contributed by atoms with Gasteiger partial charge in [0.2, 0.25) is 15.9 Å². The third kappa shape index (κ3) is 5.43. The first-order valence-corrected chi connectivity index (χ1v) is 11.0. The summed E-state index contributed by atoms with van der Waals surface area (Å²) in [5.74, 6) is -0.818. The Balaban J connectivity index is 2.18. The second-order valence-electron chi connectivity index (χ2n) is 6.60. The minimum atomic E-state index is -3.76. The van der Waals surface area contributed by atoms with Gasteiger partial charge >= 0.3 is 0 Å². The van der Waals surface area contributed by atoms with E-state index in [1.807, 2.05) is 6.92 Å². The van der Waals surface area contributed by atoms with Crippen molar-refractivity contribution < 1.29 is 18.0 Å². The van der Waals surface area contributed by atoms with E-state index in [9.17, 15) is 18.0 Å². The van der Waals surface area contributed by atoms with E-state index in [1.165, 1.54) is 22.5 Å². The average molecular weight is 416 g/mol. The number of nitrogens with one attached hydrogen (secondary N) is 2. The first-order valence-electron chi connectivity index (χ1n) is 9.15. The maximum absolute atomic E-state index is 12.9. The van der Waals surface area contributed by atoms with Crippen LogP contribution >= 0.6 is 11.6 Å². The Kier molecular flexibility index (Phi) is 7.64. The lowest BCUT2D eigenvalue weighted by atomic mass is 10.2. The second-order valence-corrected chi connectivity index (χ2v) is 8.91. The molecule has 0 aliphatic carbocycles.